The summed E-state index contributed by atoms with van der Waals surface area (Å²) in [5.74, 6) is -0.203. The Balaban J connectivity index is 1.89. The second-order valence-corrected chi connectivity index (χ2v) is 6.35. The third-order valence-corrected chi connectivity index (χ3v) is 4.28. The van der Waals surface area contributed by atoms with Gasteiger partial charge in [-0.05, 0) is 29.5 Å². The van der Waals surface area contributed by atoms with Crippen molar-refractivity contribution in [3.8, 4) is 46.0 Å². The minimum atomic E-state index is -0.887. The Bertz CT molecular complexity index is 1270. The predicted molar refractivity (Wildman–Crippen MR) is 113 cm³/mol. The molecule has 13 heteroatoms. The highest BCUT2D eigenvalue weighted by molar-refractivity contribution is 5.95. The van der Waals surface area contributed by atoms with E-state index >= 15 is 0 Å². The zero-order chi connectivity index (χ0) is 23.2. The summed E-state index contributed by atoms with van der Waals surface area (Å²) in [6.07, 6.45) is 1.53. The molecule has 0 saturated carbocycles. The van der Waals surface area contributed by atoms with E-state index in [1.54, 1.807) is 36.4 Å². The number of para-hydroxylation sites is 2. The first-order valence-electron chi connectivity index (χ1n) is 9.58. The second-order valence-electron chi connectivity index (χ2n) is 6.35. The van der Waals surface area contributed by atoms with E-state index in [2.05, 4.69) is 35.6 Å². The number of nitrogens with two attached hydrogens (primary N) is 1. The van der Waals surface area contributed by atoms with Crippen LogP contribution in [0.2, 0.25) is 0 Å². The van der Waals surface area contributed by atoms with Gasteiger partial charge < -0.3 is 25.1 Å². The van der Waals surface area contributed by atoms with E-state index < -0.39 is 5.91 Å². The quantitative estimate of drug-likeness (QED) is 0.330. The third-order valence-electron chi connectivity index (χ3n) is 4.28. The lowest BCUT2D eigenvalue weighted by Gasteiger charge is -2.16. The SMILES string of the molecule is COc1ccccc1Oc1c(OCCO)nc(-c2cccnc2-c2nn[nH]n2)nc1C(N)=O. The number of aliphatic hydroxyl groups excluding tert-OH is 1. The molecule has 1 amide bonds. The fraction of sp³-hybridized carbons (Fsp3) is 0.150. The Labute approximate surface area is 186 Å². The van der Waals surface area contributed by atoms with Crippen molar-refractivity contribution in [2.45, 2.75) is 0 Å². The maximum absolute atomic E-state index is 12.4. The molecule has 1 aromatic carbocycles. The number of tetrazole rings is 1. The average Bonchev–Trinajstić information content (AvgIpc) is 3.38. The number of nitrogens with one attached hydrogen (secondary N) is 1. The lowest BCUT2D eigenvalue weighted by Crippen LogP contribution is -2.17. The summed E-state index contributed by atoms with van der Waals surface area (Å²) >= 11 is 0. The molecular formula is C20H18N8O5. The number of aromatic nitrogens is 7. The summed E-state index contributed by atoms with van der Waals surface area (Å²) in [6.45, 7) is -0.429. The van der Waals surface area contributed by atoms with Crippen LogP contribution in [0.5, 0.6) is 23.1 Å². The minimum Gasteiger partial charge on any atom is -0.493 e. The highest BCUT2D eigenvalue weighted by Gasteiger charge is 2.25. The van der Waals surface area contributed by atoms with Crippen LogP contribution in [0.4, 0.5) is 0 Å². The third kappa shape index (κ3) is 4.52. The molecule has 0 aliphatic carbocycles. The maximum Gasteiger partial charge on any atom is 0.271 e. The summed E-state index contributed by atoms with van der Waals surface area (Å²) in [6, 6.07) is 10.1. The van der Waals surface area contributed by atoms with Crippen molar-refractivity contribution < 1.29 is 24.1 Å². The molecule has 0 bridgehead atoms. The smallest absolute Gasteiger partial charge is 0.271 e. The van der Waals surface area contributed by atoms with Gasteiger partial charge in [0.2, 0.25) is 11.6 Å². The summed E-state index contributed by atoms with van der Waals surface area (Å²) in [4.78, 5) is 25.3. The van der Waals surface area contributed by atoms with E-state index in [0.29, 0.717) is 17.0 Å². The van der Waals surface area contributed by atoms with Gasteiger partial charge in [-0.15, -0.1) is 10.2 Å². The number of nitrogens with zero attached hydrogens (tertiary/aromatic N) is 6. The van der Waals surface area contributed by atoms with Crippen LogP contribution in [0.3, 0.4) is 0 Å². The fourth-order valence-electron chi connectivity index (χ4n) is 2.89. The Hall–Kier alpha value is -4.65. The zero-order valence-electron chi connectivity index (χ0n) is 17.3. The first kappa shape index (κ1) is 21.6. The van der Waals surface area contributed by atoms with Crippen LogP contribution in [0, 0.1) is 0 Å². The number of pyridine rings is 1. The van der Waals surface area contributed by atoms with E-state index in [9.17, 15) is 9.90 Å². The first-order valence-corrected chi connectivity index (χ1v) is 9.58. The molecule has 0 atom stereocenters. The molecule has 0 aliphatic rings. The van der Waals surface area contributed by atoms with E-state index in [1.807, 2.05) is 0 Å². The number of ether oxygens (including phenoxy) is 3. The van der Waals surface area contributed by atoms with Gasteiger partial charge >= 0.3 is 0 Å². The molecule has 13 nitrogen and oxygen atoms in total. The van der Waals surface area contributed by atoms with Gasteiger partial charge in [0.15, 0.2) is 23.0 Å². The number of carbonyl (C=O) groups excluding carboxylic acids is 1. The molecule has 0 aliphatic heterocycles. The van der Waals surface area contributed by atoms with Crippen molar-refractivity contribution in [2.75, 3.05) is 20.3 Å². The van der Waals surface area contributed by atoms with Crippen LogP contribution in [0.25, 0.3) is 22.9 Å². The summed E-state index contributed by atoms with van der Waals surface area (Å²) in [5, 5.41) is 23.0. The molecule has 33 heavy (non-hydrogen) atoms. The number of carbonyl (C=O) groups is 1. The molecule has 3 aromatic heterocycles. The van der Waals surface area contributed by atoms with Crippen LogP contribution in [-0.2, 0) is 0 Å². The fourth-order valence-corrected chi connectivity index (χ4v) is 2.89. The van der Waals surface area contributed by atoms with Crippen molar-refractivity contribution in [1.29, 1.82) is 0 Å². The van der Waals surface area contributed by atoms with Crippen LogP contribution < -0.4 is 19.9 Å². The van der Waals surface area contributed by atoms with Gasteiger partial charge in [0.1, 0.15) is 12.3 Å². The van der Waals surface area contributed by atoms with Crippen molar-refractivity contribution in [1.82, 2.24) is 35.6 Å². The monoisotopic (exact) mass is 450 g/mol. The standard InChI is InChI=1S/C20H18N8O5/c1-31-12-6-2-3-7-13(12)33-16-15(17(21)30)23-18(24-20(16)32-10-9-29)11-5-4-8-22-14(11)19-25-27-28-26-19/h2-8,29H,9-10H2,1H3,(H2,21,30)(H,25,26,27,28). The Morgan fingerprint density at radius 2 is 1.94 bits per heavy atom. The number of H-pyrrole nitrogens is 1. The molecule has 0 fully saturated rings. The molecule has 0 spiro atoms. The van der Waals surface area contributed by atoms with Crippen LogP contribution in [0.1, 0.15) is 10.5 Å². The summed E-state index contributed by atoms with van der Waals surface area (Å²) in [5.41, 5.74) is 6.07. The lowest BCUT2D eigenvalue weighted by molar-refractivity contribution is 0.0991. The minimum absolute atomic E-state index is 0.0528. The van der Waals surface area contributed by atoms with Gasteiger partial charge in [0.05, 0.1) is 13.7 Å². The first-order chi connectivity index (χ1) is 16.1. The van der Waals surface area contributed by atoms with E-state index in [0.717, 1.165) is 0 Å². The van der Waals surface area contributed by atoms with Gasteiger partial charge in [-0.1, -0.05) is 12.1 Å². The molecule has 0 unspecified atom stereocenters. The molecule has 0 radical (unpaired) electrons. The topological polar surface area (TPSA) is 184 Å². The number of hydrogen-bond acceptors (Lipinski definition) is 11. The van der Waals surface area contributed by atoms with Crippen LogP contribution in [0.15, 0.2) is 42.6 Å². The van der Waals surface area contributed by atoms with Crippen molar-refractivity contribution in [2.24, 2.45) is 5.73 Å². The van der Waals surface area contributed by atoms with Crippen molar-refractivity contribution >= 4 is 5.91 Å². The average molecular weight is 450 g/mol. The number of benzene rings is 1. The Kier molecular flexibility index (Phi) is 6.31. The number of hydrogen-bond donors (Lipinski definition) is 3. The molecular weight excluding hydrogens is 432 g/mol. The number of amides is 1. The number of methoxy groups -OCH3 is 1. The van der Waals surface area contributed by atoms with Gasteiger partial charge in [-0.3, -0.25) is 9.78 Å². The van der Waals surface area contributed by atoms with Crippen LogP contribution >= 0.6 is 0 Å². The maximum atomic E-state index is 12.4. The number of aliphatic hydroxyl groups is 1. The molecule has 4 rings (SSSR count). The van der Waals surface area contributed by atoms with Gasteiger partial charge in [-0.25, -0.2) is 4.98 Å². The normalized spacial score (nSPS) is 10.6. The molecule has 0 saturated heterocycles. The van der Waals surface area contributed by atoms with Gasteiger partial charge in [-0.2, -0.15) is 10.2 Å². The van der Waals surface area contributed by atoms with E-state index in [1.165, 1.54) is 13.3 Å². The molecule has 4 N–H and O–H groups in total. The number of aromatic amines is 1. The van der Waals surface area contributed by atoms with Crippen molar-refractivity contribution in [3.05, 3.63) is 48.3 Å². The van der Waals surface area contributed by atoms with E-state index in [-0.39, 0.29) is 47.9 Å². The number of primary amides is 1. The summed E-state index contributed by atoms with van der Waals surface area (Å²) < 4.78 is 16.8. The Morgan fingerprint density at radius 3 is 2.64 bits per heavy atom. The zero-order valence-corrected chi connectivity index (χ0v) is 17.3. The molecule has 168 valence electrons. The van der Waals surface area contributed by atoms with Gasteiger partial charge in [0.25, 0.3) is 11.8 Å². The Morgan fingerprint density at radius 1 is 1.12 bits per heavy atom. The van der Waals surface area contributed by atoms with Crippen LogP contribution in [-0.4, -0.2) is 66.9 Å². The predicted octanol–water partition coefficient (Wildman–Crippen LogP) is 0.990. The highest BCUT2D eigenvalue weighted by atomic mass is 16.5. The van der Waals surface area contributed by atoms with E-state index in [4.69, 9.17) is 19.9 Å². The molecule has 4 aromatic rings. The second kappa shape index (κ2) is 9.65. The largest absolute Gasteiger partial charge is 0.493 e. The highest BCUT2D eigenvalue weighted by Crippen LogP contribution is 2.39. The van der Waals surface area contributed by atoms with Crippen molar-refractivity contribution in [3.63, 3.8) is 0 Å². The summed E-state index contributed by atoms with van der Waals surface area (Å²) in [7, 11) is 1.47. The van der Waals surface area contributed by atoms with Gasteiger partial charge in [0, 0.05) is 11.8 Å². The molecule has 3 heterocycles. The lowest BCUT2D eigenvalue weighted by atomic mass is 10.1. The number of rotatable bonds is 9.